The second-order valence-corrected chi connectivity index (χ2v) is 8.06. The Kier molecular flexibility index (Phi) is 5.82. The molecule has 2 aromatic carbocycles. The molecule has 0 saturated carbocycles. The molecule has 0 spiro atoms. The van der Waals surface area contributed by atoms with Crippen molar-refractivity contribution in [2.24, 2.45) is 0 Å². The Labute approximate surface area is 165 Å². The Morgan fingerprint density at radius 3 is 2.59 bits per heavy atom. The van der Waals surface area contributed by atoms with E-state index in [0.717, 1.165) is 11.1 Å². The number of alkyl halides is 1. The molecule has 0 bridgehead atoms. The molecule has 1 heterocycles. The number of halogens is 1. The maximum absolute atomic E-state index is 12.5. The van der Waals surface area contributed by atoms with Gasteiger partial charge < -0.3 is 19.9 Å². The van der Waals surface area contributed by atoms with Crippen LogP contribution in [0.4, 0.5) is 0 Å². The molecule has 142 valence electrons. The van der Waals surface area contributed by atoms with E-state index in [1.165, 1.54) is 12.1 Å². The highest BCUT2D eigenvalue weighted by Crippen LogP contribution is 2.47. The molecule has 1 aliphatic heterocycles. The molecule has 2 N–H and O–H groups in total. The van der Waals surface area contributed by atoms with E-state index in [1.54, 1.807) is 12.1 Å². The standard InChI is InChI=1S/C20H20BrNO5/c1-20(21)15-4-2-3-5-16(15)27-17(20)18(23)22-10-11-26-12-13-6-8-14(9-7-13)19(24)25/h2-9,17H,10-12H2,1H3,(H,22,23)(H,24,25). The molecule has 0 aliphatic carbocycles. The van der Waals surface area contributed by atoms with Crippen LogP contribution < -0.4 is 10.1 Å². The molecule has 1 amide bonds. The Balaban J connectivity index is 1.43. The maximum Gasteiger partial charge on any atom is 0.335 e. The number of para-hydroxylation sites is 1. The summed E-state index contributed by atoms with van der Waals surface area (Å²) in [6.07, 6.45) is -0.654. The van der Waals surface area contributed by atoms with Gasteiger partial charge in [-0.3, -0.25) is 4.79 Å². The second-order valence-electron chi connectivity index (χ2n) is 6.42. The lowest BCUT2D eigenvalue weighted by molar-refractivity contribution is -0.128. The number of amides is 1. The van der Waals surface area contributed by atoms with Crippen LogP contribution in [0, 0.1) is 0 Å². The van der Waals surface area contributed by atoms with Crippen molar-refractivity contribution in [1.82, 2.24) is 5.32 Å². The third-order valence-corrected chi connectivity index (χ3v) is 5.25. The minimum atomic E-state index is -0.958. The van der Waals surface area contributed by atoms with Crippen LogP contribution in [0.1, 0.15) is 28.4 Å². The van der Waals surface area contributed by atoms with Gasteiger partial charge in [0.25, 0.3) is 5.91 Å². The number of carboxylic acids is 1. The van der Waals surface area contributed by atoms with Crippen molar-refractivity contribution in [1.29, 1.82) is 0 Å². The number of hydrogen-bond acceptors (Lipinski definition) is 4. The van der Waals surface area contributed by atoms with Gasteiger partial charge in [0.1, 0.15) is 5.75 Å². The summed E-state index contributed by atoms with van der Waals surface area (Å²) in [5.41, 5.74) is 2.06. The number of fused-ring (bicyclic) bond motifs is 1. The van der Waals surface area contributed by atoms with E-state index in [2.05, 4.69) is 21.2 Å². The van der Waals surface area contributed by atoms with Crippen LogP contribution >= 0.6 is 15.9 Å². The van der Waals surface area contributed by atoms with Gasteiger partial charge in [0.2, 0.25) is 0 Å². The predicted molar refractivity (Wildman–Crippen MR) is 103 cm³/mol. The van der Waals surface area contributed by atoms with Gasteiger partial charge in [0.05, 0.1) is 23.1 Å². The summed E-state index contributed by atoms with van der Waals surface area (Å²) in [5.74, 6) is -0.460. The van der Waals surface area contributed by atoms with E-state index < -0.39 is 16.4 Å². The van der Waals surface area contributed by atoms with Crippen LogP contribution in [0.25, 0.3) is 0 Å². The highest BCUT2D eigenvalue weighted by Gasteiger charge is 2.47. The van der Waals surface area contributed by atoms with Gasteiger partial charge in [-0.05, 0) is 30.7 Å². The van der Waals surface area contributed by atoms with Crippen molar-refractivity contribution >= 4 is 27.8 Å². The third-order valence-electron chi connectivity index (χ3n) is 4.40. The van der Waals surface area contributed by atoms with E-state index in [0.29, 0.717) is 25.5 Å². The summed E-state index contributed by atoms with van der Waals surface area (Å²) in [5, 5.41) is 11.7. The quantitative estimate of drug-likeness (QED) is 0.517. The summed E-state index contributed by atoms with van der Waals surface area (Å²) in [4.78, 5) is 23.3. The molecule has 0 fully saturated rings. The van der Waals surface area contributed by atoms with Crippen molar-refractivity contribution in [3.05, 3.63) is 65.2 Å². The Morgan fingerprint density at radius 2 is 1.93 bits per heavy atom. The Bertz CT molecular complexity index is 835. The van der Waals surface area contributed by atoms with Gasteiger partial charge in [-0.2, -0.15) is 0 Å². The Morgan fingerprint density at radius 1 is 1.22 bits per heavy atom. The van der Waals surface area contributed by atoms with Gasteiger partial charge >= 0.3 is 5.97 Å². The molecule has 3 rings (SSSR count). The fourth-order valence-corrected chi connectivity index (χ4v) is 3.55. The first-order valence-corrected chi connectivity index (χ1v) is 9.31. The number of aromatic carboxylic acids is 1. The zero-order chi connectivity index (χ0) is 19.4. The van der Waals surface area contributed by atoms with Crippen LogP contribution in [0.2, 0.25) is 0 Å². The van der Waals surface area contributed by atoms with Gasteiger partial charge in [-0.1, -0.05) is 46.3 Å². The van der Waals surface area contributed by atoms with Gasteiger partial charge in [0, 0.05) is 12.1 Å². The summed E-state index contributed by atoms with van der Waals surface area (Å²) in [7, 11) is 0. The molecule has 0 aromatic heterocycles. The van der Waals surface area contributed by atoms with Crippen molar-refractivity contribution < 1.29 is 24.2 Å². The van der Waals surface area contributed by atoms with Crippen molar-refractivity contribution in [3.8, 4) is 5.75 Å². The van der Waals surface area contributed by atoms with Crippen molar-refractivity contribution in [2.75, 3.05) is 13.2 Å². The maximum atomic E-state index is 12.5. The summed E-state index contributed by atoms with van der Waals surface area (Å²) < 4.78 is 10.7. The number of hydrogen-bond donors (Lipinski definition) is 2. The highest BCUT2D eigenvalue weighted by molar-refractivity contribution is 9.09. The number of carboxylic acid groups (broad SMARTS) is 1. The lowest BCUT2D eigenvalue weighted by Gasteiger charge is -2.23. The van der Waals surface area contributed by atoms with Crippen LogP contribution in [-0.2, 0) is 20.5 Å². The molecule has 6 nitrogen and oxygen atoms in total. The van der Waals surface area contributed by atoms with Gasteiger partial charge in [0.15, 0.2) is 6.10 Å². The lowest BCUT2D eigenvalue weighted by atomic mass is 9.97. The molecule has 0 radical (unpaired) electrons. The molecule has 0 saturated heterocycles. The van der Waals surface area contributed by atoms with Crippen LogP contribution in [0.5, 0.6) is 5.75 Å². The minimum Gasteiger partial charge on any atom is -0.478 e. The molecule has 1 aliphatic rings. The van der Waals surface area contributed by atoms with Crippen LogP contribution in [0.15, 0.2) is 48.5 Å². The molecule has 2 atom stereocenters. The van der Waals surface area contributed by atoms with E-state index in [4.69, 9.17) is 14.6 Å². The zero-order valence-electron chi connectivity index (χ0n) is 14.8. The predicted octanol–water partition coefficient (Wildman–Crippen LogP) is 3.09. The van der Waals surface area contributed by atoms with Crippen molar-refractivity contribution in [2.45, 2.75) is 24.0 Å². The van der Waals surface area contributed by atoms with Crippen LogP contribution in [0.3, 0.4) is 0 Å². The average Bonchev–Trinajstić information content (AvgIpc) is 2.93. The fraction of sp³-hybridized carbons (Fsp3) is 0.300. The van der Waals surface area contributed by atoms with E-state index in [-0.39, 0.29) is 11.5 Å². The lowest BCUT2D eigenvalue weighted by Crippen LogP contribution is -2.45. The molecule has 7 heteroatoms. The third kappa shape index (κ3) is 4.31. The largest absolute Gasteiger partial charge is 0.478 e. The van der Waals surface area contributed by atoms with E-state index >= 15 is 0 Å². The summed E-state index contributed by atoms with van der Waals surface area (Å²) >= 11 is 3.62. The van der Waals surface area contributed by atoms with E-state index in [1.807, 2.05) is 31.2 Å². The number of rotatable bonds is 7. The van der Waals surface area contributed by atoms with Crippen LogP contribution in [-0.4, -0.2) is 36.2 Å². The topological polar surface area (TPSA) is 84.9 Å². The van der Waals surface area contributed by atoms with Gasteiger partial charge in [-0.15, -0.1) is 0 Å². The smallest absolute Gasteiger partial charge is 0.335 e. The number of ether oxygens (including phenoxy) is 2. The first-order valence-electron chi connectivity index (χ1n) is 8.52. The fourth-order valence-electron chi connectivity index (χ4n) is 2.92. The summed E-state index contributed by atoms with van der Waals surface area (Å²) in [6.45, 7) is 2.95. The number of nitrogens with one attached hydrogen (secondary N) is 1. The number of carbonyl (C=O) groups excluding carboxylic acids is 1. The molecular weight excluding hydrogens is 414 g/mol. The number of benzene rings is 2. The molecule has 2 unspecified atom stereocenters. The monoisotopic (exact) mass is 433 g/mol. The second kappa shape index (κ2) is 8.10. The molecular formula is C20H20BrNO5. The minimum absolute atomic E-state index is 0.208. The number of carbonyl (C=O) groups is 2. The SMILES string of the molecule is CC1(Br)c2ccccc2OC1C(=O)NCCOCc1ccc(C(=O)O)cc1. The van der Waals surface area contributed by atoms with Crippen molar-refractivity contribution in [3.63, 3.8) is 0 Å². The first-order chi connectivity index (χ1) is 12.9. The molecule has 27 heavy (non-hydrogen) atoms. The Hall–Kier alpha value is -2.38. The molecule has 2 aromatic rings. The van der Waals surface area contributed by atoms with E-state index in [9.17, 15) is 9.59 Å². The first kappa shape index (κ1) is 19.4. The summed E-state index contributed by atoms with van der Waals surface area (Å²) in [6, 6.07) is 14.1. The van der Waals surface area contributed by atoms with Gasteiger partial charge in [-0.25, -0.2) is 4.79 Å². The highest BCUT2D eigenvalue weighted by atomic mass is 79.9. The zero-order valence-corrected chi connectivity index (χ0v) is 16.4. The average molecular weight is 434 g/mol. The normalized spacial score (nSPS) is 20.6.